The molecule has 94 valence electrons. The Hall–Kier alpha value is -0.0800. The van der Waals surface area contributed by atoms with Gasteiger partial charge in [0.25, 0.3) is 0 Å². The Morgan fingerprint density at radius 2 is 1.69 bits per heavy atom. The Morgan fingerprint density at radius 1 is 1.06 bits per heavy atom. The fraction of sp³-hybridized carbons (Fsp3) is 1.00. The van der Waals surface area contributed by atoms with E-state index in [1.165, 1.54) is 51.4 Å². The van der Waals surface area contributed by atoms with E-state index in [4.69, 9.17) is 0 Å². The Balaban J connectivity index is 1.62. The van der Waals surface area contributed by atoms with E-state index >= 15 is 0 Å². The summed E-state index contributed by atoms with van der Waals surface area (Å²) in [5.41, 5.74) is 0. The zero-order valence-corrected chi connectivity index (χ0v) is 10.6. The molecule has 0 amide bonds. The standard InChI is InChI=1S/C14H27NO/c1-11-6-8-13(9-7-11)15-10-14(16)12-4-2-3-5-12/h11-16H,2-10H2,1H3. The second-order valence-corrected chi connectivity index (χ2v) is 5.98. The van der Waals surface area contributed by atoms with Crippen LogP contribution in [0.25, 0.3) is 0 Å². The van der Waals surface area contributed by atoms with E-state index in [9.17, 15) is 5.11 Å². The van der Waals surface area contributed by atoms with Crippen molar-refractivity contribution in [2.45, 2.75) is 70.4 Å². The van der Waals surface area contributed by atoms with Crippen molar-refractivity contribution in [1.82, 2.24) is 5.32 Å². The van der Waals surface area contributed by atoms with Crippen molar-refractivity contribution in [3.63, 3.8) is 0 Å². The van der Waals surface area contributed by atoms with Crippen molar-refractivity contribution >= 4 is 0 Å². The summed E-state index contributed by atoms with van der Waals surface area (Å²) in [5.74, 6) is 1.49. The Kier molecular flexibility index (Phi) is 4.66. The largest absolute Gasteiger partial charge is 0.392 e. The van der Waals surface area contributed by atoms with E-state index in [1.54, 1.807) is 0 Å². The SMILES string of the molecule is CC1CCC(NCC(O)C2CCCC2)CC1. The van der Waals surface area contributed by atoms with Gasteiger partial charge in [-0.15, -0.1) is 0 Å². The minimum atomic E-state index is -0.0955. The highest BCUT2D eigenvalue weighted by molar-refractivity contribution is 4.80. The van der Waals surface area contributed by atoms with Gasteiger partial charge in [-0.1, -0.05) is 19.8 Å². The Labute approximate surface area is 99.8 Å². The molecule has 0 radical (unpaired) electrons. The van der Waals surface area contributed by atoms with Crippen LogP contribution in [0.4, 0.5) is 0 Å². The molecule has 2 N–H and O–H groups in total. The van der Waals surface area contributed by atoms with Gasteiger partial charge in [-0.2, -0.15) is 0 Å². The first-order valence-corrected chi connectivity index (χ1v) is 7.17. The second kappa shape index (κ2) is 6.02. The second-order valence-electron chi connectivity index (χ2n) is 5.98. The van der Waals surface area contributed by atoms with Crippen molar-refractivity contribution in [3.05, 3.63) is 0 Å². The monoisotopic (exact) mass is 225 g/mol. The summed E-state index contributed by atoms with van der Waals surface area (Å²) in [4.78, 5) is 0. The zero-order valence-electron chi connectivity index (χ0n) is 10.6. The Bertz CT molecular complexity index is 193. The highest BCUT2D eigenvalue weighted by Gasteiger charge is 2.24. The van der Waals surface area contributed by atoms with Gasteiger partial charge < -0.3 is 10.4 Å². The summed E-state index contributed by atoms with van der Waals surface area (Å²) >= 11 is 0. The topological polar surface area (TPSA) is 32.3 Å². The van der Waals surface area contributed by atoms with Crippen LogP contribution in [0.2, 0.25) is 0 Å². The molecule has 2 aliphatic rings. The van der Waals surface area contributed by atoms with Crippen molar-refractivity contribution in [2.75, 3.05) is 6.54 Å². The van der Waals surface area contributed by atoms with Gasteiger partial charge >= 0.3 is 0 Å². The maximum absolute atomic E-state index is 10.1. The van der Waals surface area contributed by atoms with Crippen LogP contribution in [-0.2, 0) is 0 Å². The van der Waals surface area contributed by atoms with Gasteiger partial charge in [-0.05, 0) is 50.4 Å². The average Bonchev–Trinajstić information content (AvgIpc) is 2.81. The van der Waals surface area contributed by atoms with Crippen LogP contribution in [0, 0.1) is 11.8 Å². The number of nitrogens with one attached hydrogen (secondary N) is 1. The smallest absolute Gasteiger partial charge is 0.0692 e. The van der Waals surface area contributed by atoms with Crippen LogP contribution in [-0.4, -0.2) is 23.8 Å². The molecule has 2 nitrogen and oxygen atoms in total. The Morgan fingerprint density at radius 3 is 2.31 bits per heavy atom. The van der Waals surface area contributed by atoms with Gasteiger partial charge in [-0.3, -0.25) is 0 Å². The summed E-state index contributed by atoms with van der Waals surface area (Å²) in [6.07, 6.45) is 10.4. The lowest BCUT2D eigenvalue weighted by Crippen LogP contribution is -2.39. The molecule has 0 aromatic rings. The minimum absolute atomic E-state index is 0.0955. The third-order valence-corrected chi connectivity index (χ3v) is 4.58. The number of hydrogen-bond donors (Lipinski definition) is 2. The number of aliphatic hydroxyl groups is 1. The quantitative estimate of drug-likeness (QED) is 0.771. The summed E-state index contributed by atoms with van der Waals surface area (Å²) in [6, 6.07) is 0.673. The molecule has 0 aliphatic heterocycles. The van der Waals surface area contributed by atoms with Crippen LogP contribution in [0.5, 0.6) is 0 Å². The van der Waals surface area contributed by atoms with Gasteiger partial charge in [0.1, 0.15) is 0 Å². The molecule has 0 spiro atoms. The van der Waals surface area contributed by atoms with E-state index < -0.39 is 0 Å². The molecular formula is C14H27NO. The molecular weight excluding hydrogens is 198 g/mol. The molecule has 0 aromatic heterocycles. The lowest BCUT2D eigenvalue weighted by molar-refractivity contribution is 0.103. The molecule has 1 unspecified atom stereocenters. The van der Waals surface area contributed by atoms with Crippen molar-refractivity contribution < 1.29 is 5.11 Å². The van der Waals surface area contributed by atoms with E-state index in [-0.39, 0.29) is 6.10 Å². The summed E-state index contributed by atoms with van der Waals surface area (Å²) in [5, 5.41) is 13.6. The van der Waals surface area contributed by atoms with Crippen molar-refractivity contribution in [2.24, 2.45) is 11.8 Å². The third kappa shape index (κ3) is 3.46. The summed E-state index contributed by atoms with van der Waals surface area (Å²) in [6.45, 7) is 3.17. The van der Waals surface area contributed by atoms with E-state index in [2.05, 4.69) is 12.2 Å². The number of hydrogen-bond acceptors (Lipinski definition) is 2. The molecule has 2 aliphatic carbocycles. The first-order chi connectivity index (χ1) is 7.75. The fourth-order valence-electron chi connectivity index (χ4n) is 3.26. The molecule has 0 aromatic carbocycles. The highest BCUT2D eigenvalue weighted by Crippen LogP contribution is 2.28. The molecule has 2 saturated carbocycles. The minimum Gasteiger partial charge on any atom is -0.392 e. The van der Waals surface area contributed by atoms with Crippen molar-refractivity contribution in [1.29, 1.82) is 0 Å². The zero-order chi connectivity index (χ0) is 11.4. The summed E-state index contributed by atoms with van der Waals surface area (Å²) in [7, 11) is 0. The number of aliphatic hydroxyl groups excluding tert-OH is 1. The van der Waals surface area contributed by atoms with Gasteiger partial charge in [0.2, 0.25) is 0 Å². The van der Waals surface area contributed by atoms with Crippen LogP contribution in [0.3, 0.4) is 0 Å². The third-order valence-electron chi connectivity index (χ3n) is 4.58. The lowest BCUT2D eigenvalue weighted by atomic mass is 9.87. The molecule has 16 heavy (non-hydrogen) atoms. The highest BCUT2D eigenvalue weighted by atomic mass is 16.3. The molecule has 2 heteroatoms. The maximum atomic E-state index is 10.1. The van der Waals surface area contributed by atoms with E-state index in [0.717, 1.165) is 12.5 Å². The van der Waals surface area contributed by atoms with E-state index in [0.29, 0.717) is 12.0 Å². The predicted octanol–water partition coefficient (Wildman–Crippen LogP) is 2.71. The molecule has 0 heterocycles. The fourth-order valence-corrected chi connectivity index (χ4v) is 3.26. The van der Waals surface area contributed by atoms with Crippen LogP contribution in [0.1, 0.15) is 58.3 Å². The predicted molar refractivity (Wildman–Crippen MR) is 67.4 cm³/mol. The van der Waals surface area contributed by atoms with Crippen LogP contribution < -0.4 is 5.32 Å². The van der Waals surface area contributed by atoms with Crippen LogP contribution in [0.15, 0.2) is 0 Å². The summed E-state index contributed by atoms with van der Waals surface area (Å²) < 4.78 is 0. The molecule has 2 fully saturated rings. The number of rotatable bonds is 4. The average molecular weight is 225 g/mol. The molecule has 2 rings (SSSR count). The first-order valence-electron chi connectivity index (χ1n) is 7.17. The molecule has 0 bridgehead atoms. The van der Waals surface area contributed by atoms with Crippen LogP contribution >= 0.6 is 0 Å². The van der Waals surface area contributed by atoms with Crippen molar-refractivity contribution in [3.8, 4) is 0 Å². The van der Waals surface area contributed by atoms with E-state index in [1.807, 2.05) is 0 Å². The maximum Gasteiger partial charge on any atom is 0.0692 e. The van der Waals surface area contributed by atoms with Gasteiger partial charge in [0.05, 0.1) is 6.10 Å². The van der Waals surface area contributed by atoms with Gasteiger partial charge in [-0.25, -0.2) is 0 Å². The molecule has 0 saturated heterocycles. The molecule has 1 atom stereocenters. The normalized spacial score (nSPS) is 34.1. The lowest BCUT2D eigenvalue weighted by Gasteiger charge is -2.29. The van der Waals surface area contributed by atoms with Gasteiger partial charge in [0, 0.05) is 12.6 Å². The first kappa shape index (κ1) is 12.4. The van der Waals surface area contributed by atoms with Gasteiger partial charge in [0.15, 0.2) is 0 Å².